The van der Waals surface area contributed by atoms with E-state index in [1.807, 2.05) is 0 Å². The summed E-state index contributed by atoms with van der Waals surface area (Å²) in [6.07, 6.45) is -2.66. The minimum Gasteiger partial charge on any atom is -0.365 e. The molecule has 0 spiro atoms. The highest BCUT2D eigenvalue weighted by Crippen LogP contribution is 2.47. The number of nitrogens with zero attached hydrogens (tertiary/aromatic N) is 2. The summed E-state index contributed by atoms with van der Waals surface area (Å²) >= 11 is 7.75. The third-order valence-corrected chi connectivity index (χ3v) is 9.20. The molecule has 0 unspecified atom stereocenters. The Balaban J connectivity index is 1.48. The van der Waals surface area contributed by atoms with Gasteiger partial charge in [-0.05, 0) is 41.7 Å². The molecular weight excluding hydrogens is 551 g/mol. The van der Waals surface area contributed by atoms with Crippen molar-refractivity contribution in [1.29, 1.82) is 0 Å². The van der Waals surface area contributed by atoms with Gasteiger partial charge in [0, 0.05) is 11.3 Å². The summed E-state index contributed by atoms with van der Waals surface area (Å²) in [6, 6.07) is 6.05. The van der Waals surface area contributed by atoms with Crippen molar-refractivity contribution in [3.05, 3.63) is 62.6 Å². The van der Waals surface area contributed by atoms with E-state index in [-0.39, 0.29) is 38.9 Å². The summed E-state index contributed by atoms with van der Waals surface area (Å²) in [5.41, 5.74) is 7.13. The topological polar surface area (TPSA) is 102 Å². The molecule has 0 radical (unpaired) electrons. The molecule has 7 nitrogen and oxygen atoms in total. The molecule has 0 saturated heterocycles. The number of nitrogens with one attached hydrogen (secondary N) is 2. The van der Waals surface area contributed by atoms with Crippen molar-refractivity contribution >= 4 is 45.6 Å². The molecule has 3 heterocycles. The van der Waals surface area contributed by atoms with Crippen molar-refractivity contribution in [2.45, 2.75) is 64.7 Å². The van der Waals surface area contributed by atoms with Crippen LogP contribution in [-0.4, -0.2) is 27.8 Å². The molecule has 2 amide bonds. The first kappa shape index (κ1) is 27.5. The summed E-state index contributed by atoms with van der Waals surface area (Å²) in [4.78, 5) is 26.7. The number of rotatable bonds is 4. The number of fused-ring (bicyclic) bond motifs is 2. The number of amides is 2. The highest BCUT2D eigenvalue weighted by molar-refractivity contribution is 7.17. The zero-order chi connectivity index (χ0) is 28.3. The lowest BCUT2D eigenvalue weighted by molar-refractivity contribution is -0.173. The monoisotopic (exact) mass is 579 g/mol. The van der Waals surface area contributed by atoms with Gasteiger partial charge >= 0.3 is 6.18 Å². The van der Waals surface area contributed by atoms with E-state index >= 15 is 0 Å². The molecule has 3 aromatic rings. The number of anilines is 2. The normalized spacial score (nSPS) is 21.1. The van der Waals surface area contributed by atoms with Gasteiger partial charge < -0.3 is 16.4 Å². The molecule has 1 aliphatic carbocycles. The van der Waals surface area contributed by atoms with Crippen molar-refractivity contribution in [1.82, 2.24) is 9.78 Å². The Morgan fingerprint density at radius 3 is 2.51 bits per heavy atom. The molecule has 4 N–H and O–H groups in total. The van der Waals surface area contributed by atoms with Crippen LogP contribution in [0, 0.1) is 11.3 Å². The van der Waals surface area contributed by atoms with Gasteiger partial charge in [-0.25, -0.2) is 4.68 Å². The third-order valence-electron chi connectivity index (χ3n) is 7.68. The molecule has 1 aliphatic heterocycles. The van der Waals surface area contributed by atoms with Crippen LogP contribution < -0.4 is 16.4 Å². The number of alkyl halides is 3. The maximum atomic E-state index is 14.1. The van der Waals surface area contributed by atoms with Crippen molar-refractivity contribution in [2.24, 2.45) is 17.1 Å². The zero-order valence-corrected chi connectivity index (χ0v) is 23.2. The highest BCUT2D eigenvalue weighted by atomic mass is 35.5. The average Bonchev–Trinajstić information content (AvgIpc) is 3.39. The smallest absolute Gasteiger partial charge is 0.365 e. The lowest BCUT2D eigenvalue weighted by Crippen LogP contribution is -2.35. The maximum absolute atomic E-state index is 14.1. The van der Waals surface area contributed by atoms with Crippen LogP contribution in [0.1, 0.15) is 82.5 Å². The molecule has 0 bridgehead atoms. The second-order valence-electron chi connectivity index (χ2n) is 11.2. The van der Waals surface area contributed by atoms with Crippen molar-refractivity contribution in [2.75, 3.05) is 10.6 Å². The Hall–Kier alpha value is -3.05. The first-order chi connectivity index (χ1) is 18.3. The number of thiophene rings is 1. The second-order valence-corrected chi connectivity index (χ2v) is 12.7. The molecule has 3 atom stereocenters. The molecule has 0 saturated carbocycles. The quantitative estimate of drug-likeness (QED) is 0.318. The molecule has 2 aromatic heterocycles. The summed E-state index contributed by atoms with van der Waals surface area (Å²) in [5, 5.41) is 9.74. The fraction of sp³-hybridized carbons (Fsp3) is 0.444. The van der Waals surface area contributed by atoms with E-state index in [0.717, 1.165) is 28.0 Å². The van der Waals surface area contributed by atoms with Gasteiger partial charge in [-0.1, -0.05) is 62.7 Å². The van der Waals surface area contributed by atoms with E-state index in [1.54, 1.807) is 30.3 Å². The van der Waals surface area contributed by atoms with Crippen LogP contribution >= 0.6 is 22.9 Å². The van der Waals surface area contributed by atoms with E-state index in [2.05, 4.69) is 36.5 Å². The van der Waals surface area contributed by atoms with Gasteiger partial charge in [0.1, 0.15) is 15.8 Å². The number of hydrogen-bond donors (Lipinski definition) is 3. The third kappa shape index (κ3) is 5.14. The van der Waals surface area contributed by atoms with Crippen LogP contribution in [-0.2, 0) is 12.8 Å². The van der Waals surface area contributed by atoms with E-state index in [1.165, 1.54) is 11.3 Å². The van der Waals surface area contributed by atoms with E-state index in [9.17, 15) is 22.8 Å². The Morgan fingerprint density at radius 2 is 1.90 bits per heavy atom. The predicted molar refractivity (Wildman–Crippen MR) is 146 cm³/mol. The molecule has 0 fully saturated rings. The van der Waals surface area contributed by atoms with Gasteiger partial charge in [0.05, 0.1) is 11.6 Å². The Bertz CT molecular complexity index is 1430. The lowest BCUT2D eigenvalue weighted by atomic mass is 9.72. The van der Waals surface area contributed by atoms with Crippen molar-refractivity contribution < 1.29 is 22.8 Å². The van der Waals surface area contributed by atoms with Crippen LogP contribution in [0.5, 0.6) is 0 Å². The van der Waals surface area contributed by atoms with Gasteiger partial charge in [0.15, 0.2) is 11.7 Å². The first-order valence-corrected chi connectivity index (χ1v) is 13.9. The summed E-state index contributed by atoms with van der Waals surface area (Å²) in [5.74, 6) is -1.17. The van der Waals surface area contributed by atoms with Crippen LogP contribution in [0.25, 0.3) is 0 Å². The number of nitrogens with two attached hydrogens (primary N) is 1. The van der Waals surface area contributed by atoms with E-state index < -0.39 is 30.1 Å². The van der Waals surface area contributed by atoms with E-state index in [0.29, 0.717) is 17.9 Å². The van der Waals surface area contributed by atoms with Crippen LogP contribution in [0.4, 0.5) is 24.0 Å². The second kappa shape index (κ2) is 9.85. The molecule has 208 valence electrons. The highest BCUT2D eigenvalue weighted by Gasteiger charge is 2.48. The SMILES string of the molecule is CC(C)(C)[C@@H]1CCc2c(sc(NC(=O)c3nn4c(c3Cl)N[C@H](c3ccccc3)C[C@@H]4C(F)(F)F)c2C(N)=O)C1. The number of aromatic nitrogens is 2. The predicted octanol–water partition coefficient (Wildman–Crippen LogP) is 6.76. The molecule has 2 aliphatic rings. The van der Waals surface area contributed by atoms with Gasteiger partial charge in [0.25, 0.3) is 11.8 Å². The number of carbonyl (C=O) groups is 2. The summed E-state index contributed by atoms with van der Waals surface area (Å²) < 4.78 is 43.0. The number of benzene rings is 1. The van der Waals surface area contributed by atoms with Gasteiger partial charge in [-0.15, -0.1) is 11.3 Å². The number of primary amides is 1. The fourth-order valence-corrected chi connectivity index (χ4v) is 7.07. The van der Waals surface area contributed by atoms with Gasteiger partial charge in [-0.2, -0.15) is 18.3 Å². The number of halogens is 4. The minimum absolute atomic E-state index is 0.0701. The largest absolute Gasteiger partial charge is 0.410 e. The van der Waals surface area contributed by atoms with Crippen LogP contribution in [0.3, 0.4) is 0 Å². The zero-order valence-electron chi connectivity index (χ0n) is 21.7. The Morgan fingerprint density at radius 1 is 1.21 bits per heavy atom. The first-order valence-electron chi connectivity index (χ1n) is 12.7. The molecular formula is C27H29ClF3N5O2S. The molecule has 12 heteroatoms. The van der Waals surface area contributed by atoms with Gasteiger partial charge in [-0.3, -0.25) is 9.59 Å². The lowest BCUT2D eigenvalue weighted by Gasteiger charge is -2.33. The van der Waals surface area contributed by atoms with Crippen molar-refractivity contribution in [3.8, 4) is 0 Å². The van der Waals surface area contributed by atoms with Crippen molar-refractivity contribution in [3.63, 3.8) is 0 Å². The molecule has 5 rings (SSSR count). The minimum atomic E-state index is -4.62. The summed E-state index contributed by atoms with van der Waals surface area (Å²) in [7, 11) is 0. The van der Waals surface area contributed by atoms with Crippen LogP contribution in [0.15, 0.2) is 30.3 Å². The number of hydrogen-bond acceptors (Lipinski definition) is 5. The van der Waals surface area contributed by atoms with E-state index in [4.69, 9.17) is 17.3 Å². The Kier molecular flexibility index (Phi) is 6.95. The standard InChI is InChI=1S/C27H29ClF3N5O2S/c1-26(2,3)14-9-10-15-17(11-14)39-25(19(15)22(32)37)34-24(38)21-20(28)23-33-16(13-7-5-4-6-8-13)12-18(27(29,30)31)36(23)35-21/h4-8,14,16,18,33H,9-12H2,1-3H3,(H2,32,37)(H,34,38)/t14-,16+,18-/m1/s1. The van der Waals surface area contributed by atoms with Crippen LogP contribution in [0.2, 0.25) is 5.02 Å². The summed E-state index contributed by atoms with van der Waals surface area (Å²) in [6.45, 7) is 6.50. The van der Waals surface area contributed by atoms with Gasteiger partial charge in [0.2, 0.25) is 0 Å². The maximum Gasteiger partial charge on any atom is 0.410 e. The molecule has 1 aromatic carbocycles. The number of carbonyl (C=O) groups excluding carboxylic acids is 2. The average molecular weight is 580 g/mol. The fourth-order valence-electron chi connectivity index (χ4n) is 5.47. The molecule has 39 heavy (non-hydrogen) atoms. The Labute approximate surface area is 232 Å².